The van der Waals surface area contributed by atoms with Crippen LogP contribution in [0.2, 0.25) is 0 Å². The van der Waals surface area contributed by atoms with Crippen LogP contribution in [0.3, 0.4) is 0 Å². The number of rotatable bonds is 7. The van der Waals surface area contributed by atoms with Crippen LogP contribution in [0.25, 0.3) is 11.0 Å². The molecule has 1 amide bonds. The van der Waals surface area contributed by atoms with Crippen LogP contribution in [0.15, 0.2) is 48.5 Å². The lowest BCUT2D eigenvalue weighted by Gasteiger charge is -2.06. The van der Waals surface area contributed by atoms with Crippen molar-refractivity contribution in [1.29, 1.82) is 0 Å². The molecule has 2 N–H and O–H groups in total. The largest absolute Gasteiger partial charge is 0.342 e. The molecule has 1 aromatic heterocycles. The van der Waals surface area contributed by atoms with Crippen molar-refractivity contribution in [3.05, 3.63) is 59.9 Å². The Hall–Kier alpha value is -2.62. The third-order valence-corrected chi connectivity index (χ3v) is 4.08. The number of H-pyrrole nitrogens is 1. The smallest absolute Gasteiger partial charge is 0.224 e. The molecule has 0 atom stereocenters. The summed E-state index contributed by atoms with van der Waals surface area (Å²) in [5.74, 6) is 1.10. The van der Waals surface area contributed by atoms with Crippen LogP contribution >= 0.6 is 0 Å². The van der Waals surface area contributed by atoms with Crippen LogP contribution in [0.1, 0.15) is 37.6 Å². The molecular formula is C20H23N3O. The highest BCUT2D eigenvalue weighted by atomic mass is 16.1. The second kappa shape index (κ2) is 7.77. The summed E-state index contributed by atoms with van der Waals surface area (Å²) in [6.45, 7) is 2.09. The number of imidazole rings is 1. The molecule has 0 aliphatic carbocycles. The number of aryl methyl sites for hydroxylation is 2. The fraction of sp³-hybridized carbons (Fsp3) is 0.300. The summed E-state index contributed by atoms with van der Waals surface area (Å²) < 4.78 is 0. The predicted molar refractivity (Wildman–Crippen MR) is 98.1 cm³/mol. The molecule has 1 heterocycles. The number of hydrogen-bond donors (Lipinski definition) is 2. The normalized spacial score (nSPS) is 10.9. The second-order valence-electron chi connectivity index (χ2n) is 6.05. The highest BCUT2D eigenvalue weighted by Gasteiger charge is 2.04. The zero-order chi connectivity index (χ0) is 16.8. The molecule has 124 valence electrons. The number of aromatic amines is 1. The fourth-order valence-electron chi connectivity index (χ4n) is 2.70. The van der Waals surface area contributed by atoms with Gasteiger partial charge in [-0.05, 0) is 42.7 Å². The summed E-state index contributed by atoms with van der Waals surface area (Å²) in [7, 11) is 0. The second-order valence-corrected chi connectivity index (χ2v) is 6.05. The number of fused-ring (bicyclic) bond motifs is 1. The summed E-state index contributed by atoms with van der Waals surface area (Å²) in [4.78, 5) is 19.7. The molecule has 0 spiro atoms. The van der Waals surface area contributed by atoms with E-state index in [2.05, 4.69) is 34.3 Å². The average molecular weight is 321 g/mol. The first kappa shape index (κ1) is 16.2. The van der Waals surface area contributed by atoms with Gasteiger partial charge in [0.2, 0.25) is 5.91 Å². The molecule has 0 saturated carbocycles. The van der Waals surface area contributed by atoms with Gasteiger partial charge in [0.1, 0.15) is 5.82 Å². The van der Waals surface area contributed by atoms with E-state index < -0.39 is 0 Å². The zero-order valence-electron chi connectivity index (χ0n) is 14.0. The van der Waals surface area contributed by atoms with Crippen molar-refractivity contribution in [3.63, 3.8) is 0 Å². The van der Waals surface area contributed by atoms with Crippen molar-refractivity contribution in [2.24, 2.45) is 0 Å². The Morgan fingerprint density at radius 3 is 2.62 bits per heavy atom. The monoisotopic (exact) mass is 321 g/mol. The number of hydrogen-bond acceptors (Lipinski definition) is 2. The fourth-order valence-corrected chi connectivity index (χ4v) is 2.70. The van der Waals surface area contributed by atoms with E-state index in [9.17, 15) is 4.79 Å². The zero-order valence-corrected chi connectivity index (χ0v) is 14.0. The number of carbonyl (C=O) groups excluding carboxylic acids is 1. The van der Waals surface area contributed by atoms with Crippen molar-refractivity contribution in [3.8, 4) is 0 Å². The van der Waals surface area contributed by atoms with Crippen molar-refractivity contribution >= 4 is 22.6 Å². The van der Waals surface area contributed by atoms with Crippen LogP contribution in [0.4, 0.5) is 5.69 Å². The highest BCUT2D eigenvalue weighted by molar-refractivity contribution is 5.90. The van der Waals surface area contributed by atoms with Gasteiger partial charge >= 0.3 is 0 Å². The summed E-state index contributed by atoms with van der Waals surface area (Å²) in [6, 6.07) is 16.2. The van der Waals surface area contributed by atoms with E-state index in [0.29, 0.717) is 6.42 Å². The van der Waals surface area contributed by atoms with E-state index in [1.165, 1.54) is 5.56 Å². The van der Waals surface area contributed by atoms with Gasteiger partial charge in [-0.3, -0.25) is 4.79 Å². The Kier molecular flexibility index (Phi) is 5.26. The Bertz CT molecular complexity index is 772. The van der Waals surface area contributed by atoms with Gasteiger partial charge in [-0.1, -0.05) is 37.6 Å². The maximum atomic E-state index is 11.7. The summed E-state index contributed by atoms with van der Waals surface area (Å²) >= 11 is 0. The average Bonchev–Trinajstić information content (AvgIpc) is 3.02. The van der Waals surface area contributed by atoms with Crippen LogP contribution < -0.4 is 5.32 Å². The first-order chi connectivity index (χ1) is 11.7. The van der Waals surface area contributed by atoms with Gasteiger partial charge in [0.15, 0.2) is 0 Å². The Morgan fingerprint density at radius 2 is 1.88 bits per heavy atom. The number of carbonyl (C=O) groups is 1. The summed E-state index contributed by atoms with van der Waals surface area (Å²) in [5, 5.41) is 2.94. The maximum Gasteiger partial charge on any atom is 0.224 e. The number of nitrogens with zero attached hydrogens (tertiary/aromatic N) is 1. The number of benzene rings is 2. The SMILES string of the molecule is CCCCC(=O)Nc1ccc(CCc2nc3ccccc3[nH]2)cc1. The predicted octanol–water partition coefficient (Wildman–Crippen LogP) is 4.48. The molecule has 0 aliphatic rings. The Morgan fingerprint density at radius 1 is 1.08 bits per heavy atom. The van der Waals surface area contributed by atoms with Gasteiger partial charge in [-0.2, -0.15) is 0 Å². The molecule has 2 aromatic carbocycles. The van der Waals surface area contributed by atoms with Crippen molar-refractivity contribution in [1.82, 2.24) is 9.97 Å². The van der Waals surface area contributed by atoms with Crippen LogP contribution in [0.5, 0.6) is 0 Å². The number of nitrogens with one attached hydrogen (secondary N) is 2. The highest BCUT2D eigenvalue weighted by Crippen LogP contribution is 2.14. The molecule has 3 rings (SSSR count). The number of amides is 1. The lowest BCUT2D eigenvalue weighted by atomic mass is 10.1. The van der Waals surface area contributed by atoms with E-state index in [-0.39, 0.29) is 5.91 Å². The molecule has 0 radical (unpaired) electrons. The maximum absolute atomic E-state index is 11.7. The quantitative estimate of drug-likeness (QED) is 0.674. The lowest BCUT2D eigenvalue weighted by molar-refractivity contribution is -0.116. The molecule has 0 aliphatic heterocycles. The Labute approximate surface area is 142 Å². The van der Waals surface area contributed by atoms with E-state index >= 15 is 0 Å². The summed E-state index contributed by atoms with van der Waals surface area (Å²) in [5.41, 5.74) is 4.20. The standard InChI is InChI=1S/C20H23N3O/c1-2-3-8-20(24)21-16-12-9-15(10-13-16)11-14-19-22-17-6-4-5-7-18(17)23-19/h4-7,9-10,12-13H,2-3,8,11,14H2,1H3,(H,21,24)(H,22,23). The topological polar surface area (TPSA) is 57.8 Å². The molecule has 3 aromatic rings. The van der Waals surface area contributed by atoms with Crippen LogP contribution in [-0.2, 0) is 17.6 Å². The molecule has 4 heteroatoms. The minimum absolute atomic E-state index is 0.0897. The van der Waals surface area contributed by atoms with E-state index in [1.54, 1.807) is 0 Å². The first-order valence-electron chi connectivity index (χ1n) is 8.57. The van der Waals surface area contributed by atoms with Crippen LogP contribution in [-0.4, -0.2) is 15.9 Å². The molecular weight excluding hydrogens is 298 g/mol. The molecule has 0 fully saturated rings. The molecule has 0 saturated heterocycles. The van der Waals surface area contributed by atoms with Gasteiger partial charge in [0.25, 0.3) is 0 Å². The minimum atomic E-state index is 0.0897. The minimum Gasteiger partial charge on any atom is -0.342 e. The van der Waals surface area contributed by atoms with Crippen molar-refractivity contribution in [2.75, 3.05) is 5.32 Å². The lowest BCUT2D eigenvalue weighted by Crippen LogP contribution is -2.10. The van der Waals surface area contributed by atoms with E-state index in [1.807, 2.05) is 36.4 Å². The van der Waals surface area contributed by atoms with Gasteiger partial charge in [0, 0.05) is 18.5 Å². The van der Waals surface area contributed by atoms with Gasteiger partial charge < -0.3 is 10.3 Å². The molecule has 24 heavy (non-hydrogen) atoms. The molecule has 0 bridgehead atoms. The van der Waals surface area contributed by atoms with E-state index in [4.69, 9.17) is 0 Å². The van der Waals surface area contributed by atoms with Crippen molar-refractivity contribution in [2.45, 2.75) is 39.0 Å². The van der Waals surface area contributed by atoms with Gasteiger partial charge in [-0.25, -0.2) is 4.98 Å². The number of unbranched alkanes of at least 4 members (excludes halogenated alkanes) is 1. The van der Waals surface area contributed by atoms with Crippen molar-refractivity contribution < 1.29 is 4.79 Å². The first-order valence-corrected chi connectivity index (χ1v) is 8.57. The Balaban J connectivity index is 1.55. The number of para-hydroxylation sites is 2. The van der Waals surface area contributed by atoms with Crippen LogP contribution in [0, 0.1) is 0 Å². The third-order valence-electron chi connectivity index (χ3n) is 4.08. The third kappa shape index (κ3) is 4.22. The number of anilines is 1. The summed E-state index contributed by atoms with van der Waals surface area (Å²) in [6.07, 6.45) is 4.35. The molecule has 4 nitrogen and oxygen atoms in total. The van der Waals surface area contributed by atoms with Gasteiger partial charge in [-0.15, -0.1) is 0 Å². The van der Waals surface area contributed by atoms with Gasteiger partial charge in [0.05, 0.1) is 11.0 Å². The van der Waals surface area contributed by atoms with E-state index in [0.717, 1.165) is 48.2 Å². The molecule has 0 unspecified atom stereocenters. The number of aromatic nitrogens is 2.